The minimum atomic E-state index is -0.0704. The average Bonchev–Trinajstić information content (AvgIpc) is 3.28. The third-order valence-electron chi connectivity index (χ3n) is 4.46. The molecule has 0 spiro atoms. The highest BCUT2D eigenvalue weighted by molar-refractivity contribution is 8.00. The normalized spacial score (nSPS) is 11.3. The first-order valence-electron chi connectivity index (χ1n) is 8.95. The van der Waals surface area contributed by atoms with Gasteiger partial charge in [0.25, 0.3) is 0 Å². The van der Waals surface area contributed by atoms with E-state index in [1.54, 1.807) is 6.26 Å². The Labute approximate surface area is 161 Å². The summed E-state index contributed by atoms with van der Waals surface area (Å²) >= 11 is 1.37. The van der Waals surface area contributed by atoms with Gasteiger partial charge in [-0.2, -0.15) is 0 Å². The first-order valence-corrected chi connectivity index (χ1v) is 9.94. The number of carbonyl (C=O) groups is 1. The number of nitrogens with one attached hydrogen (secondary N) is 1. The van der Waals surface area contributed by atoms with E-state index in [-0.39, 0.29) is 11.7 Å². The summed E-state index contributed by atoms with van der Waals surface area (Å²) in [5.74, 6) is 1.06. The molecule has 0 saturated heterocycles. The van der Waals surface area contributed by atoms with Gasteiger partial charge in [-0.25, -0.2) is 0 Å². The zero-order valence-electron chi connectivity index (χ0n) is 15.2. The van der Waals surface area contributed by atoms with Crippen molar-refractivity contribution in [2.75, 3.05) is 11.1 Å². The van der Waals surface area contributed by atoms with Gasteiger partial charge in [0.15, 0.2) is 5.58 Å². The van der Waals surface area contributed by atoms with E-state index in [1.165, 1.54) is 17.3 Å². The fourth-order valence-corrected chi connectivity index (χ4v) is 3.78. The standard InChI is InChI=1S/C20H20N4O2S/c1-3-13-5-7-14(8-6-13)21-19(25)12-27-20-16-11-17-15(9-10-26-17)24(16)18(4-2)22-23-20/h5-11H,3-4,12H2,1-2H3,(H,21,25). The van der Waals surface area contributed by atoms with Crippen molar-refractivity contribution in [3.8, 4) is 0 Å². The number of hydrogen-bond acceptors (Lipinski definition) is 5. The van der Waals surface area contributed by atoms with Crippen LogP contribution in [-0.4, -0.2) is 26.3 Å². The number of aryl methyl sites for hydroxylation is 2. The van der Waals surface area contributed by atoms with E-state index in [0.29, 0.717) is 0 Å². The highest BCUT2D eigenvalue weighted by atomic mass is 32.2. The second kappa shape index (κ2) is 7.44. The number of benzene rings is 1. The Hall–Kier alpha value is -2.80. The van der Waals surface area contributed by atoms with Crippen LogP contribution in [0.5, 0.6) is 0 Å². The van der Waals surface area contributed by atoms with Crippen LogP contribution in [0.2, 0.25) is 0 Å². The second-order valence-corrected chi connectivity index (χ2v) is 7.16. The molecule has 7 heteroatoms. The molecule has 4 rings (SSSR count). The number of carbonyl (C=O) groups excluding carboxylic acids is 1. The Balaban J connectivity index is 1.52. The summed E-state index contributed by atoms with van der Waals surface area (Å²) in [4.78, 5) is 12.3. The predicted molar refractivity (Wildman–Crippen MR) is 107 cm³/mol. The third-order valence-corrected chi connectivity index (χ3v) is 5.43. The van der Waals surface area contributed by atoms with E-state index >= 15 is 0 Å². The van der Waals surface area contributed by atoms with Crippen molar-refractivity contribution < 1.29 is 9.21 Å². The molecule has 0 bridgehead atoms. The molecule has 27 heavy (non-hydrogen) atoms. The molecule has 3 heterocycles. The van der Waals surface area contributed by atoms with E-state index in [1.807, 2.05) is 43.3 Å². The van der Waals surface area contributed by atoms with Crippen molar-refractivity contribution in [1.29, 1.82) is 0 Å². The van der Waals surface area contributed by atoms with Gasteiger partial charge in [0.05, 0.1) is 23.0 Å². The van der Waals surface area contributed by atoms with Crippen molar-refractivity contribution in [2.24, 2.45) is 0 Å². The quantitative estimate of drug-likeness (QED) is 0.504. The molecule has 0 aliphatic rings. The lowest BCUT2D eigenvalue weighted by molar-refractivity contribution is -0.113. The first-order chi connectivity index (χ1) is 13.2. The molecule has 138 valence electrons. The molecule has 0 unspecified atom stereocenters. The summed E-state index contributed by atoms with van der Waals surface area (Å²) in [7, 11) is 0. The predicted octanol–water partition coefficient (Wildman–Crippen LogP) is 4.33. The Bertz CT molecular complexity index is 1100. The number of thioether (sulfide) groups is 1. The minimum absolute atomic E-state index is 0.0704. The van der Waals surface area contributed by atoms with Crippen molar-refractivity contribution in [2.45, 2.75) is 31.7 Å². The van der Waals surface area contributed by atoms with E-state index in [9.17, 15) is 4.79 Å². The van der Waals surface area contributed by atoms with E-state index < -0.39 is 0 Å². The van der Waals surface area contributed by atoms with Crippen molar-refractivity contribution in [3.63, 3.8) is 0 Å². The summed E-state index contributed by atoms with van der Waals surface area (Å²) in [6, 6.07) is 11.8. The molecule has 1 aromatic carbocycles. The average molecular weight is 380 g/mol. The maximum Gasteiger partial charge on any atom is 0.234 e. The molecule has 3 aromatic heterocycles. The summed E-state index contributed by atoms with van der Waals surface area (Å²) in [6.45, 7) is 4.15. The van der Waals surface area contributed by atoms with Crippen molar-refractivity contribution in [3.05, 3.63) is 54.0 Å². The van der Waals surface area contributed by atoms with Crippen molar-refractivity contribution in [1.82, 2.24) is 14.6 Å². The summed E-state index contributed by atoms with van der Waals surface area (Å²) < 4.78 is 7.57. The minimum Gasteiger partial charge on any atom is -0.463 e. The van der Waals surface area contributed by atoms with Crippen LogP contribution in [0.4, 0.5) is 5.69 Å². The van der Waals surface area contributed by atoms with Gasteiger partial charge in [-0.1, -0.05) is 37.7 Å². The van der Waals surface area contributed by atoms with Crippen molar-refractivity contribution >= 4 is 40.0 Å². The Morgan fingerprint density at radius 1 is 1.11 bits per heavy atom. The molecule has 0 aliphatic carbocycles. The lowest BCUT2D eigenvalue weighted by Crippen LogP contribution is -2.14. The smallest absolute Gasteiger partial charge is 0.234 e. The van der Waals surface area contributed by atoms with E-state index in [2.05, 4.69) is 26.8 Å². The largest absolute Gasteiger partial charge is 0.463 e. The summed E-state index contributed by atoms with van der Waals surface area (Å²) in [5.41, 5.74) is 4.73. The zero-order valence-corrected chi connectivity index (χ0v) is 16.0. The molecule has 0 aliphatic heterocycles. The van der Waals surface area contributed by atoms with Crippen LogP contribution in [0.15, 0.2) is 52.1 Å². The van der Waals surface area contributed by atoms with Gasteiger partial charge in [0.1, 0.15) is 10.9 Å². The fraction of sp³-hybridized carbons (Fsp3) is 0.250. The van der Waals surface area contributed by atoms with E-state index in [0.717, 1.165) is 46.0 Å². The van der Waals surface area contributed by atoms with Gasteiger partial charge in [-0.15, -0.1) is 10.2 Å². The highest BCUT2D eigenvalue weighted by Crippen LogP contribution is 2.29. The van der Waals surface area contributed by atoms with Gasteiger partial charge >= 0.3 is 0 Å². The molecule has 0 saturated carbocycles. The molecular formula is C20H20N4O2S. The van der Waals surface area contributed by atoms with Gasteiger partial charge < -0.3 is 9.73 Å². The Morgan fingerprint density at radius 3 is 2.67 bits per heavy atom. The lowest BCUT2D eigenvalue weighted by Gasteiger charge is -2.08. The molecule has 0 atom stereocenters. The number of furan rings is 1. The third kappa shape index (κ3) is 3.42. The van der Waals surface area contributed by atoms with Crippen LogP contribution in [0.1, 0.15) is 25.2 Å². The zero-order chi connectivity index (χ0) is 18.8. The number of rotatable bonds is 6. The van der Waals surface area contributed by atoms with Crippen LogP contribution in [0, 0.1) is 0 Å². The Morgan fingerprint density at radius 2 is 1.93 bits per heavy atom. The fourth-order valence-electron chi connectivity index (χ4n) is 3.05. The van der Waals surface area contributed by atoms with Crippen LogP contribution in [0.3, 0.4) is 0 Å². The summed E-state index contributed by atoms with van der Waals surface area (Å²) in [5, 5.41) is 12.3. The number of anilines is 1. The molecule has 4 aromatic rings. The molecule has 1 N–H and O–H groups in total. The second-order valence-electron chi connectivity index (χ2n) is 6.20. The molecular weight excluding hydrogens is 360 g/mol. The molecule has 1 amide bonds. The van der Waals surface area contributed by atoms with Crippen LogP contribution in [-0.2, 0) is 17.6 Å². The molecule has 6 nitrogen and oxygen atoms in total. The number of fused-ring (bicyclic) bond motifs is 3. The number of aromatic nitrogens is 3. The SMILES string of the molecule is CCc1ccc(NC(=O)CSc2nnc(CC)n3c2cc2occc23)cc1. The number of amides is 1. The van der Waals surface area contributed by atoms with Crippen LogP contribution in [0.25, 0.3) is 16.6 Å². The maximum absolute atomic E-state index is 12.3. The van der Waals surface area contributed by atoms with E-state index in [4.69, 9.17) is 4.42 Å². The molecule has 0 fully saturated rings. The highest BCUT2D eigenvalue weighted by Gasteiger charge is 2.15. The van der Waals surface area contributed by atoms with Gasteiger partial charge in [-0.3, -0.25) is 9.20 Å². The van der Waals surface area contributed by atoms with Gasteiger partial charge in [0.2, 0.25) is 5.91 Å². The monoisotopic (exact) mass is 380 g/mol. The van der Waals surface area contributed by atoms with Gasteiger partial charge in [0, 0.05) is 24.2 Å². The first kappa shape index (κ1) is 17.6. The maximum atomic E-state index is 12.3. The number of nitrogens with zero attached hydrogens (tertiary/aromatic N) is 3. The topological polar surface area (TPSA) is 72.4 Å². The van der Waals surface area contributed by atoms with Crippen LogP contribution >= 0.6 is 11.8 Å². The number of hydrogen-bond donors (Lipinski definition) is 1. The molecule has 0 radical (unpaired) electrons. The van der Waals surface area contributed by atoms with Gasteiger partial charge in [-0.05, 0) is 24.1 Å². The Kier molecular flexibility index (Phi) is 4.85. The van der Waals surface area contributed by atoms with Crippen LogP contribution < -0.4 is 5.32 Å². The summed E-state index contributed by atoms with van der Waals surface area (Å²) in [6.07, 6.45) is 3.41. The lowest BCUT2D eigenvalue weighted by atomic mass is 10.1.